The van der Waals surface area contributed by atoms with Crippen LogP contribution in [0.15, 0.2) is 23.6 Å². The zero-order valence-corrected chi connectivity index (χ0v) is 15.1. The summed E-state index contributed by atoms with van der Waals surface area (Å²) in [5.74, 6) is 1.56. The second-order valence-electron chi connectivity index (χ2n) is 5.98. The maximum atomic E-state index is 12.9. The Balaban J connectivity index is 1.79. The standard InChI is InChI=1S/C18H22N2O3S/c1-12-11-24-17(19-12)13-5-4-8-20(10-13)18(21)15-7-6-14(22-2)9-16(15)23-3/h6-7,9,11,13H,4-5,8,10H2,1-3H3. The number of rotatable bonds is 4. The number of carbonyl (C=O) groups excluding carboxylic acids is 1. The van der Waals surface area contributed by atoms with Gasteiger partial charge in [-0.25, -0.2) is 4.98 Å². The first-order chi connectivity index (χ1) is 11.6. The molecule has 5 nitrogen and oxygen atoms in total. The van der Waals surface area contributed by atoms with Crippen molar-refractivity contribution in [3.05, 3.63) is 39.8 Å². The number of ether oxygens (including phenoxy) is 2. The maximum absolute atomic E-state index is 12.9. The van der Waals surface area contributed by atoms with Gasteiger partial charge in [0.15, 0.2) is 0 Å². The first kappa shape index (κ1) is 16.8. The molecule has 6 heteroatoms. The van der Waals surface area contributed by atoms with Crippen LogP contribution in [-0.2, 0) is 0 Å². The van der Waals surface area contributed by atoms with Crippen LogP contribution in [0.5, 0.6) is 11.5 Å². The number of hydrogen-bond donors (Lipinski definition) is 0. The predicted octanol–water partition coefficient (Wildman–Crippen LogP) is 3.49. The molecule has 0 N–H and O–H groups in total. The highest BCUT2D eigenvalue weighted by Gasteiger charge is 2.28. The Bertz CT molecular complexity index is 729. The molecule has 1 saturated heterocycles. The smallest absolute Gasteiger partial charge is 0.257 e. The van der Waals surface area contributed by atoms with Crippen LogP contribution in [0.25, 0.3) is 0 Å². The van der Waals surface area contributed by atoms with Crippen molar-refractivity contribution >= 4 is 17.2 Å². The molecule has 0 saturated carbocycles. The van der Waals surface area contributed by atoms with Gasteiger partial charge in [-0.05, 0) is 31.9 Å². The van der Waals surface area contributed by atoms with Gasteiger partial charge in [0.05, 0.1) is 24.8 Å². The largest absolute Gasteiger partial charge is 0.497 e. The van der Waals surface area contributed by atoms with Crippen LogP contribution in [0, 0.1) is 6.92 Å². The summed E-state index contributed by atoms with van der Waals surface area (Å²) >= 11 is 1.69. The third-order valence-electron chi connectivity index (χ3n) is 4.33. The number of likely N-dealkylation sites (tertiary alicyclic amines) is 1. The molecule has 0 spiro atoms. The Morgan fingerprint density at radius 1 is 1.33 bits per heavy atom. The molecule has 2 heterocycles. The minimum Gasteiger partial charge on any atom is -0.497 e. The molecule has 1 atom stereocenters. The first-order valence-corrected chi connectivity index (χ1v) is 8.93. The van der Waals surface area contributed by atoms with Gasteiger partial charge in [0, 0.05) is 36.1 Å². The summed E-state index contributed by atoms with van der Waals surface area (Å²) in [6.07, 6.45) is 2.07. The topological polar surface area (TPSA) is 51.7 Å². The summed E-state index contributed by atoms with van der Waals surface area (Å²) in [5.41, 5.74) is 1.63. The van der Waals surface area contributed by atoms with Gasteiger partial charge < -0.3 is 14.4 Å². The van der Waals surface area contributed by atoms with Crippen LogP contribution in [0.3, 0.4) is 0 Å². The molecule has 1 aromatic heterocycles. The van der Waals surface area contributed by atoms with Gasteiger partial charge in [-0.3, -0.25) is 4.79 Å². The monoisotopic (exact) mass is 346 g/mol. The van der Waals surface area contributed by atoms with E-state index < -0.39 is 0 Å². The van der Waals surface area contributed by atoms with Gasteiger partial charge >= 0.3 is 0 Å². The van der Waals surface area contributed by atoms with E-state index in [1.54, 1.807) is 43.8 Å². The van der Waals surface area contributed by atoms with E-state index in [9.17, 15) is 4.79 Å². The zero-order valence-electron chi connectivity index (χ0n) is 14.2. The Morgan fingerprint density at radius 3 is 2.83 bits per heavy atom. The van der Waals surface area contributed by atoms with Crippen molar-refractivity contribution in [3.8, 4) is 11.5 Å². The van der Waals surface area contributed by atoms with Crippen LogP contribution in [0.1, 0.15) is 39.8 Å². The molecule has 1 amide bonds. The molecular formula is C18H22N2O3S. The van der Waals surface area contributed by atoms with Crippen LogP contribution >= 0.6 is 11.3 Å². The SMILES string of the molecule is COc1ccc(C(=O)N2CCCC(c3nc(C)cs3)C2)c(OC)c1. The summed E-state index contributed by atoms with van der Waals surface area (Å²) < 4.78 is 10.6. The number of thiazole rings is 1. The normalized spacial score (nSPS) is 17.6. The van der Waals surface area contributed by atoms with Crippen molar-refractivity contribution in [2.75, 3.05) is 27.3 Å². The van der Waals surface area contributed by atoms with Gasteiger partial charge in [-0.15, -0.1) is 11.3 Å². The molecule has 1 aromatic carbocycles. The summed E-state index contributed by atoms with van der Waals surface area (Å²) in [4.78, 5) is 19.5. The Labute approximate surface area is 146 Å². The van der Waals surface area contributed by atoms with E-state index in [-0.39, 0.29) is 5.91 Å². The molecule has 3 rings (SSSR count). The van der Waals surface area contributed by atoms with Crippen molar-refractivity contribution in [3.63, 3.8) is 0 Å². The highest BCUT2D eigenvalue weighted by Crippen LogP contribution is 2.32. The van der Waals surface area contributed by atoms with Crippen LogP contribution in [-0.4, -0.2) is 43.1 Å². The van der Waals surface area contributed by atoms with Crippen molar-refractivity contribution in [2.24, 2.45) is 0 Å². The fourth-order valence-corrected chi connectivity index (χ4v) is 3.99. The molecule has 2 aromatic rings. The number of piperidine rings is 1. The van der Waals surface area contributed by atoms with Crippen molar-refractivity contribution in [2.45, 2.75) is 25.7 Å². The number of hydrogen-bond acceptors (Lipinski definition) is 5. The lowest BCUT2D eigenvalue weighted by Gasteiger charge is -2.32. The van der Waals surface area contributed by atoms with E-state index in [4.69, 9.17) is 9.47 Å². The average molecular weight is 346 g/mol. The lowest BCUT2D eigenvalue weighted by molar-refractivity contribution is 0.0703. The molecule has 0 aliphatic carbocycles. The van der Waals surface area contributed by atoms with E-state index in [1.165, 1.54) is 0 Å². The molecule has 128 valence electrons. The quantitative estimate of drug-likeness (QED) is 0.850. The molecule has 1 aliphatic heterocycles. The maximum Gasteiger partial charge on any atom is 0.257 e. The third kappa shape index (κ3) is 3.38. The van der Waals surface area contributed by atoms with Crippen LogP contribution in [0.4, 0.5) is 0 Å². The molecule has 0 radical (unpaired) electrons. The third-order valence-corrected chi connectivity index (χ3v) is 5.46. The van der Waals surface area contributed by atoms with Gasteiger partial charge in [0.2, 0.25) is 0 Å². The average Bonchev–Trinajstić information content (AvgIpc) is 3.07. The molecule has 1 unspecified atom stereocenters. The number of nitrogens with zero attached hydrogens (tertiary/aromatic N) is 2. The van der Waals surface area contributed by atoms with E-state index in [2.05, 4.69) is 10.4 Å². The Morgan fingerprint density at radius 2 is 2.17 bits per heavy atom. The molecular weight excluding hydrogens is 324 g/mol. The fraction of sp³-hybridized carbons (Fsp3) is 0.444. The van der Waals surface area contributed by atoms with E-state index in [0.29, 0.717) is 29.5 Å². The van der Waals surface area contributed by atoms with Crippen molar-refractivity contribution in [1.82, 2.24) is 9.88 Å². The minimum atomic E-state index is 0.00693. The summed E-state index contributed by atoms with van der Waals surface area (Å²) in [6.45, 7) is 3.49. The van der Waals surface area contributed by atoms with E-state index in [0.717, 1.165) is 30.1 Å². The molecule has 24 heavy (non-hydrogen) atoms. The highest BCUT2D eigenvalue weighted by atomic mass is 32.1. The van der Waals surface area contributed by atoms with Gasteiger partial charge in [0.25, 0.3) is 5.91 Å². The molecule has 0 bridgehead atoms. The second kappa shape index (κ2) is 7.21. The molecule has 1 fully saturated rings. The minimum absolute atomic E-state index is 0.00693. The van der Waals surface area contributed by atoms with E-state index in [1.807, 2.05) is 11.8 Å². The van der Waals surface area contributed by atoms with Gasteiger partial charge in [0.1, 0.15) is 11.5 Å². The lowest BCUT2D eigenvalue weighted by Crippen LogP contribution is -2.39. The number of benzene rings is 1. The van der Waals surface area contributed by atoms with Gasteiger partial charge in [-0.2, -0.15) is 0 Å². The highest BCUT2D eigenvalue weighted by molar-refractivity contribution is 7.09. The molecule has 1 aliphatic rings. The second-order valence-corrected chi connectivity index (χ2v) is 6.87. The number of aryl methyl sites for hydroxylation is 1. The number of aromatic nitrogens is 1. The lowest BCUT2D eigenvalue weighted by atomic mass is 9.98. The van der Waals surface area contributed by atoms with E-state index >= 15 is 0 Å². The summed E-state index contributed by atoms with van der Waals surface area (Å²) in [6, 6.07) is 5.32. The van der Waals surface area contributed by atoms with Gasteiger partial charge in [-0.1, -0.05) is 0 Å². The summed E-state index contributed by atoms with van der Waals surface area (Å²) in [5, 5.41) is 3.20. The number of amides is 1. The number of carbonyl (C=O) groups is 1. The van der Waals surface area contributed by atoms with Crippen molar-refractivity contribution in [1.29, 1.82) is 0 Å². The number of methoxy groups -OCH3 is 2. The summed E-state index contributed by atoms with van der Waals surface area (Å²) in [7, 11) is 3.17. The zero-order chi connectivity index (χ0) is 17.1. The van der Waals surface area contributed by atoms with Crippen molar-refractivity contribution < 1.29 is 14.3 Å². The Hall–Kier alpha value is -2.08. The fourth-order valence-electron chi connectivity index (χ4n) is 3.07. The van der Waals surface area contributed by atoms with Crippen LogP contribution in [0.2, 0.25) is 0 Å². The Kier molecular flexibility index (Phi) is 5.04. The first-order valence-electron chi connectivity index (χ1n) is 8.05. The van der Waals surface area contributed by atoms with Crippen LogP contribution < -0.4 is 9.47 Å². The predicted molar refractivity (Wildman–Crippen MR) is 94.3 cm³/mol.